The van der Waals surface area contributed by atoms with Crippen LogP contribution in [-0.2, 0) is 14.8 Å². The minimum atomic E-state index is -4.40. The van der Waals surface area contributed by atoms with Crippen LogP contribution in [0.15, 0.2) is 34.5 Å². The number of sulfonamides is 1. The number of methoxy groups -OCH3 is 1. The number of nitro benzene ring substituents is 1. The van der Waals surface area contributed by atoms with Crippen molar-refractivity contribution in [1.82, 2.24) is 0 Å². The molecule has 8 nitrogen and oxygen atoms in total. The Morgan fingerprint density at radius 1 is 1.39 bits per heavy atom. The summed E-state index contributed by atoms with van der Waals surface area (Å²) in [6.07, 6.45) is 0. The lowest BCUT2D eigenvalue weighted by Crippen LogP contribution is -2.16. The van der Waals surface area contributed by atoms with Gasteiger partial charge in [-0.25, -0.2) is 17.6 Å². The molecule has 0 saturated carbocycles. The van der Waals surface area contributed by atoms with Gasteiger partial charge in [-0.1, -0.05) is 0 Å². The number of carbonyl (C=O) groups excluding carboxylic acids is 1. The van der Waals surface area contributed by atoms with Crippen molar-refractivity contribution >= 4 is 38.7 Å². The van der Waals surface area contributed by atoms with E-state index in [0.29, 0.717) is 6.07 Å². The van der Waals surface area contributed by atoms with Crippen molar-refractivity contribution in [2.24, 2.45) is 0 Å². The van der Waals surface area contributed by atoms with Gasteiger partial charge in [-0.2, -0.15) is 0 Å². The highest BCUT2D eigenvalue weighted by Gasteiger charge is 2.28. The fourth-order valence-electron chi connectivity index (χ4n) is 1.70. The monoisotopic (exact) mass is 360 g/mol. The molecular formula is C12H9FN2O6S2. The van der Waals surface area contributed by atoms with E-state index < -0.39 is 37.3 Å². The molecule has 1 aromatic carbocycles. The van der Waals surface area contributed by atoms with Gasteiger partial charge in [-0.15, -0.1) is 11.3 Å². The summed E-state index contributed by atoms with van der Waals surface area (Å²) >= 11 is 0.936. The zero-order valence-corrected chi connectivity index (χ0v) is 13.1. The molecule has 0 aliphatic rings. The van der Waals surface area contributed by atoms with Gasteiger partial charge in [0.05, 0.1) is 23.8 Å². The Bertz CT molecular complexity index is 877. The maximum absolute atomic E-state index is 13.1. The largest absolute Gasteiger partial charge is 0.465 e. The van der Waals surface area contributed by atoms with E-state index in [-0.39, 0.29) is 10.6 Å². The average Bonchev–Trinajstić information content (AvgIpc) is 2.93. The van der Waals surface area contributed by atoms with E-state index in [1.165, 1.54) is 11.4 Å². The maximum atomic E-state index is 13.1. The van der Waals surface area contributed by atoms with Crippen molar-refractivity contribution in [2.45, 2.75) is 4.90 Å². The summed E-state index contributed by atoms with van der Waals surface area (Å²) in [6.45, 7) is 0. The number of benzene rings is 1. The fourth-order valence-corrected chi connectivity index (χ4v) is 3.76. The fraction of sp³-hybridized carbons (Fsp3) is 0.0833. The molecule has 0 bridgehead atoms. The molecule has 0 aliphatic carbocycles. The lowest BCUT2D eigenvalue weighted by Gasteiger charge is -2.08. The molecule has 122 valence electrons. The number of thiophene rings is 1. The van der Waals surface area contributed by atoms with Crippen LogP contribution in [0, 0.1) is 15.9 Å². The van der Waals surface area contributed by atoms with Gasteiger partial charge in [0.2, 0.25) is 0 Å². The second kappa shape index (κ2) is 6.30. The van der Waals surface area contributed by atoms with Crippen molar-refractivity contribution in [3.05, 3.63) is 50.5 Å². The van der Waals surface area contributed by atoms with E-state index in [0.717, 1.165) is 30.6 Å². The molecule has 0 amide bonds. The predicted molar refractivity (Wildman–Crippen MR) is 79.5 cm³/mol. The minimum absolute atomic E-state index is 0.0131. The highest BCUT2D eigenvalue weighted by molar-refractivity contribution is 7.92. The summed E-state index contributed by atoms with van der Waals surface area (Å²) in [5.41, 5.74) is -0.993. The molecular weight excluding hydrogens is 351 g/mol. The highest BCUT2D eigenvalue weighted by Crippen LogP contribution is 2.29. The van der Waals surface area contributed by atoms with Crippen LogP contribution in [0.25, 0.3) is 0 Å². The molecule has 0 aliphatic heterocycles. The van der Waals surface area contributed by atoms with Crippen LogP contribution in [0.2, 0.25) is 0 Å². The van der Waals surface area contributed by atoms with Crippen LogP contribution in [0.4, 0.5) is 15.8 Å². The Labute approximate surface area is 133 Å². The highest BCUT2D eigenvalue weighted by atomic mass is 32.2. The number of anilines is 1. The molecule has 0 atom stereocenters. The molecule has 23 heavy (non-hydrogen) atoms. The Morgan fingerprint density at radius 2 is 2.09 bits per heavy atom. The van der Waals surface area contributed by atoms with Gasteiger partial charge in [-0.3, -0.25) is 14.8 Å². The SMILES string of the molecule is COC(=O)c1sccc1NS(=O)(=O)c1ccc(F)cc1[N+](=O)[O-]. The van der Waals surface area contributed by atoms with Crippen LogP contribution in [0.1, 0.15) is 9.67 Å². The number of halogens is 1. The van der Waals surface area contributed by atoms with Gasteiger partial charge < -0.3 is 4.74 Å². The number of hydrogen-bond donors (Lipinski definition) is 1. The minimum Gasteiger partial charge on any atom is -0.465 e. The van der Waals surface area contributed by atoms with Gasteiger partial charge in [-0.05, 0) is 23.6 Å². The molecule has 0 unspecified atom stereocenters. The first-order valence-corrected chi connectivity index (χ1v) is 8.25. The van der Waals surface area contributed by atoms with E-state index in [1.807, 2.05) is 0 Å². The van der Waals surface area contributed by atoms with Crippen molar-refractivity contribution in [3.8, 4) is 0 Å². The number of nitrogens with one attached hydrogen (secondary N) is 1. The molecule has 1 heterocycles. The second-order valence-electron chi connectivity index (χ2n) is 4.13. The van der Waals surface area contributed by atoms with Gasteiger partial charge in [0.1, 0.15) is 10.7 Å². The van der Waals surface area contributed by atoms with Crippen molar-refractivity contribution in [2.75, 3.05) is 11.8 Å². The Morgan fingerprint density at radius 3 is 2.70 bits per heavy atom. The molecule has 0 fully saturated rings. The van der Waals surface area contributed by atoms with Crippen LogP contribution in [-0.4, -0.2) is 26.4 Å². The molecule has 0 spiro atoms. The molecule has 2 aromatic rings. The first-order valence-electron chi connectivity index (χ1n) is 5.89. The third-order valence-electron chi connectivity index (χ3n) is 2.69. The quantitative estimate of drug-likeness (QED) is 0.497. The van der Waals surface area contributed by atoms with Gasteiger partial charge >= 0.3 is 5.97 Å². The summed E-state index contributed by atoms with van der Waals surface area (Å²) in [6, 6.07) is 3.38. The normalized spacial score (nSPS) is 11.0. The number of rotatable bonds is 5. The van der Waals surface area contributed by atoms with Crippen molar-refractivity contribution < 1.29 is 27.3 Å². The Hall–Kier alpha value is -2.53. The summed E-state index contributed by atoms with van der Waals surface area (Å²) in [4.78, 5) is 20.7. The molecule has 1 N–H and O–H groups in total. The van der Waals surface area contributed by atoms with E-state index in [1.54, 1.807) is 0 Å². The molecule has 11 heteroatoms. The lowest BCUT2D eigenvalue weighted by molar-refractivity contribution is -0.388. The van der Waals surface area contributed by atoms with Gasteiger partial charge in [0.15, 0.2) is 4.90 Å². The van der Waals surface area contributed by atoms with E-state index in [2.05, 4.69) is 9.46 Å². The van der Waals surface area contributed by atoms with Crippen molar-refractivity contribution in [3.63, 3.8) is 0 Å². The second-order valence-corrected chi connectivity index (χ2v) is 6.70. The number of carbonyl (C=O) groups is 1. The lowest BCUT2D eigenvalue weighted by atomic mass is 10.3. The summed E-state index contributed by atoms with van der Waals surface area (Å²) in [7, 11) is -3.27. The number of hydrogen-bond acceptors (Lipinski definition) is 7. The predicted octanol–water partition coefficient (Wildman–Crippen LogP) is 2.38. The Balaban J connectivity index is 2.47. The summed E-state index contributed by atoms with van der Waals surface area (Å²) in [5.74, 6) is -1.70. The molecule has 1 aromatic heterocycles. The first kappa shape index (κ1) is 16.8. The topological polar surface area (TPSA) is 116 Å². The van der Waals surface area contributed by atoms with E-state index in [4.69, 9.17) is 0 Å². The number of esters is 1. The number of nitrogens with zero attached hydrogens (tertiary/aromatic N) is 1. The zero-order chi connectivity index (χ0) is 17.2. The van der Waals surface area contributed by atoms with E-state index in [9.17, 15) is 27.7 Å². The van der Waals surface area contributed by atoms with Crippen LogP contribution in [0.3, 0.4) is 0 Å². The average molecular weight is 360 g/mol. The number of ether oxygens (including phenoxy) is 1. The van der Waals surface area contributed by atoms with Crippen LogP contribution < -0.4 is 4.72 Å². The zero-order valence-electron chi connectivity index (χ0n) is 11.5. The third kappa shape index (κ3) is 3.46. The summed E-state index contributed by atoms with van der Waals surface area (Å²) in [5, 5.41) is 12.4. The molecule has 0 saturated heterocycles. The van der Waals surface area contributed by atoms with E-state index >= 15 is 0 Å². The standard InChI is InChI=1S/C12H9FN2O6S2/c1-21-12(16)11-8(4-5-22-11)14-23(19,20)10-3-2-7(13)6-9(10)15(17)18/h2-6,14H,1H3. The molecule has 0 radical (unpaired) electrons. The number of nitro groups is 1. The van der Waals surface area contributed by atoms with Gasteiger partial charge in [0.25, 0.3) is 15.7 Å². The van der Waals surface area contributed by atoms with Crippen LogP contribution >= 0.6 is 11.3 Å². The van der Waals surface area contributed by atoms with Crippen molar-refractivity contribution in [1.29, 1.82) is 0 Å². The van der Waals surface area contributed by atoms with Gasteiger partial charge in [0, 0.05) is 0 Å². The third-order valence-corrected chi connectivity index (χ3v) is 4.99. The first-order chi connectivity index (χ1) is 10.8. The Kier molecular flexibility index (Phi) is 4.61. The summed E-state index contributed by atoms with van der Waals surface area (Å²) < 4.78 is 44.3. The smallest absolute Gasteiger partial charge is 0.350 e. The molecule has 2 rings (SSSR count). The van der Waals surface area contributed by atoms with Crippen LogP contribution in [0.5, 0.6) is 0 Å². The maximum Gasteiger partial charge on any atom is 0.350 e.